The first-order valence-electron chi connectivity index (χ1n) is 13.0. The summed E-state index contributed by atoms with van der Waals surface area (Å²) in [5.74, 6) is 4.46. The van der Waals surface area contributed by atoms with Gasteiger partial charge in [0.05, 0.1) is 22.8 Å². The number of ketones is 1. The van der Waals surface area contributed by atoms with E-state index in [1.165, 1.54) is 6.07 Å². The SMILES string of the molecule is NNC(=O)Cc1c(C(=O)C2=CCCC(c3ccccc3F)CC2)nn(-c2ccccc2Cl)c1-c1ccc(Cl)cc1. The average Bonchev–Trinajstić information content (AvgIpc) is 3.14. The molecule has 204 valence electrons. The maximum atomic E-state index is 14.5. The summed E-state index contributed by atoms with van der Waals surface area (Å²) in [4.78, 5) is 26.7. The van der Waals surface area contributed by atoms with Crippen LogP contribution in [0.15, 0.2) is 84.4 Å². The third-order valence-corrected chi connectivity index (χ3v) is 7.77. The van der Waals surface area contributed by atoms with Gasteiger partial charge < -0.3 is 0 Å². The van der Waals surface area contributed by atoms with Crippen LogP contribution in [0.1, 0.15) is 53.2 Å². The Hall–Kier alpha value is -3.78. The number of hydrogen-bond donors (Lipinski definition) is 2. The number of allylic oxidation sites excluding steroid dienone is 2. The molecule has 4 aromatic rings. The third-order valence-electron chi connectivity index (χ3n) is 7.20. The molecule has 0 radical (unpaired) electrons. The largest absolute Gasteiger partial charge is 0.294 e. The average molecular weight is 577 g/mol. The Morgan fingerprint density at radius 1 is 1.00 bits per heavy atom. The topological polar surface area (TPSA) is 90.0 Å². The summed E-state index contributed by atoms with van der Waals surface area (Å²) in [5.41, 5.74) is 5.76. The fourth-order valence-electron chi connectivity index (χ4n) is 5.22. The van der Waals surface area contributed by atoms with Gasteiger partial charge in [-0.25, -0.2) is 14.9 Å². The number of carbonyl (C=O) groups excluding carboxylic acids is 2. The highest BCUT2D eigenvalue weighted by molar-refractivity contribution is 6.32. The number of amides is 1. The Balaban J connectivity index is 1.60. The highest BCUT2D eigenvalue weighted by Crippen LogP contribution is 2.37. The third kappa shape index (κ3) is 5.72. The van der Waals surface area contributed by atoms with Crippen LogP contribution in [-0.2, 0) is 11.2 Å². The molecule has 0 bridgehead atoms. The van der Waals surface area contributed by atoms with Crippen LogP contribution in [0.2, 0.25) is 10.0 Å². The molecule has 0 saturated heterocycles. The number of Topliss-reactive ketones (excluding diaryl/α,β-unsaturated/α-hetero) is 1. The quantitative estimate of drug-likeness (QED) is 0.107. The molecule has 40 heavy (non-hydrogen) atoms. The summed E-state index contributed by atoms with van der Waals surface area (Å²) < 4.78 is 16.1. The molecule has 1 heterocycles. The summed E-state index contributed by atoms with van der Waals surface area (Å²) in [5, 5.41) is 5.72. The number of hydrogen-bond acceptors (Lipinski definition) is 4. The van der Waals surface area contributed by atoms with E-state index in [0.29, 0.717) is 63.0 Å². The molecule has 0 saturated carbocycles. The van der Waals surface area contributed by atoms with Crippen LogP contribution < -0.4 is 11.3 Å². The number of nitrogens with two attached hydrogens (primary N) is 1. The van der Waals surface area contributed by atoms with Crippen molar-refractivity contribution in [1.82, 2.24) is 15.2 Å². The van der Waals surface area contributed by atoms with Gasteiger partial charge >= 0.3 is 0 Å². The van der Waals surface area contributed by atoms with E-state index in [0.717, 1.165) is 6.42 Å². The second kappa shape index (κ2) is 12.2. The molecule has 1 unspecified atom stereocenters. The predicted molar refractivity (Wildman–Crippen MR) is 155 cm³/mol. The van der Waals surface area contributed by atoms with Crippen molar-refractivity contribution < 1.29 is 14.0 Å². The van der Waals surface area contributed by atoms with Crippen molar-refractivity contribution >= 4 is 34.9 Å². The number of rotatable bonds is 7. The van der Waals surface area contributed by atoms with Gasteiger partial charge in [-0.3, -0.25) is 15.0 Å². The zero-order valence-electron chi connectivity index (χ0n) is 21.5. The number of halogens is 3. The van der Waals surface area contributed by atoms with Gasteiger partial charge in [0.15, 0.2) is 0 Å². The molecule has 1 aromatic heterocycles. The lowest BCUT2D eigenvalue weighted by atomic mass is 9.90. The van der Waals surface area contributed by atoms with Crippen LogP contribution in [0, 0.1) is 5.82 Å². The van der Waals surface area contributed by atoms with Crippen LogP contribution in [-0.4, -0.2) is 21.5 Å². The molecule has 0 aliphatic heterocycles. The van der Waals surface area contributed by atoms with Gasteiger partial charge in [0.25, 0.3) is 0 Å². The molecule has 1 atom stereocenters. The first kappa shape index (κ1) is 27.8. The first-order valence-corrected chi connectivity index (χ1v) is 13.7. The molecular formula is C31H27Cl2FN4O2. The van der Waals surface area contributed by atoms with Gasteiger partial charge in [0, 0.05) is 16.1 Å². The second-order valence-corrected chi connectivity index (χ2v) is 10.5. The maximum Gasteiger partial charge on any atom is 0.238 e. The van der Waals surface area contributed by atoms with Gasteiger partial charge in [-0.2, -0.15) is 5.10 Å². The lowest BCUT2D eigenvalue weighted by Gasteiger charge is -2.15. The summed E-state index contributed by atoms with van der Waals surface area (Å²) in [6.07, 6.45) is 4.15. The van der Waals surface area contributed by atoms with Crippen molar-refractivity contribution in [3.63, 3.8) is 0 Å². The Kier molecular flexibility index (Phi) is 8.45. The van der Waals surface area contributed by atoms with Crippen LogP contribution >= 0.6 is 23.2 Å². The van der Waals surface area contributed by atoms with E-state index in [1.807, 2.05) is 18.2 Å². The molecule has 9 heteroatoms. The van der Waals surface area contributed by atoms with E-state index in [1.54, 1.807) is 59.3 Å². The predicted octanol–water partition coefficient (Wildman–Crippen LogP) is 6.98. The molecule has 0 fully saturated rings. The molecule has 1 aliphatic carbocycles. The minimum atomic E-state index is -0.475. The molecule has 0 spiro atoms. The smallest absolute Gasteiger partial charge is 0.238 e. The number of para-hydroxylation sites is 1. The van der Waals surface area contributed by atoms with Crippen molar-refractivity contribution in [2.45, 2.75) is 38.0 Å². The Morgan fingerprint density at radius 3 is 2.45 bits per heavy atom. The number of benzene rings is 3. The normalized spacial score (nSPS) is 15.3. The van der Waals surface area contributed by atoms with E-state index in [4.69, 9.17) is 34.1 Å². The zero-order chi connectivity index (χ0) is 28.2. The van der Waals surface area contributed by atoms with Crippen molar-refractivity contribution in [1.29, 1.82) is 0 Å². The molecule has 3 N–H and O–H groups in total. The van der Waals surface area contributed by atoms with E-state index in [9.17, 15) is 14.0 Å². The van der Waals surface area contributed by atoms with E-state index < -0.39 is 5.91 Å². The van der Waals surface area contributed by atoms with Crippen molar-refractivity contribution in [2.24, 2.45) is 5.84 Å². The van der Waals surface area contributed by atoms with Gasteiger partial charge in [-0.1, -0.05) is 71.7 Å². The minimum absolute atomic E-state index is 0.00412. The Morgan fingerprint density at radius 2 is 1.73 bits per heavy atom. The number of nitrogens with one attached hydrogen (secondary N) is 1. The molecule has 1 aliphatic rings. The van der Waals surface area contributed by atoms with E-state index in [-0.39, 0.29) is 29.6 Å². The molecule has 5 rings (SSSR count). The van der Waals surface area contributed by atoms with Crippen LogP contribution in [0.3, 0.4) is 0 Å². The van der Waals surface area contributed by atoms with Gasteiger partial charge in [0.2, 0.25) is 11.7 Å². The highest BCUT2D eigenvalue weighted by atomic mass is 35.5. The maximum absolute atomic E-state index is 14.5. The van der Waals surface area contributed by atoms with Crippen molar-refractivity contribution in [3.8, 4) is 16.9 Å². The number of aromatic nitrogens is 2. The fourth-order valence-corrected chi connectivity index (χ4v) is 5.57. The summed E-state index contributed by atoms with van der Waals surface area (Å²) in [6.45, 7) is 0. The standard InChI is InChI=1S/C31H27Cl2FN4O2/c32-22-16-14-20(15-17-22)30-24(18-28(39)36-35)29(37-38(30)27-11-4-2-9-25(27)33)31(40)21-7-5-6-19(12-13-21)23-8-1-3-10-26(23)34/h1-4,7-11,14-17,19H,5-6,12-13,18,35H2,(H,36,39). The van der Waals surface area contributed by atoms with Crippen LogP contribution in [0.25, 0.3) is 16.9 Å². The van der Waals surface area contributed by atoms with Crippen molar-refractivity contribution in [3.05, 3.63) is 117 Å². The van der Waals surface area contributed by atoms with Crippen LogP contribution in [0.5, 0.6) is 0 Å². The monoisotopic (exact) mass is 576 g/mol. The fraction of sp³-hybridized carbons (Fsp3) is 0.194. The minimum Gasteiger partial charge on any atom is -0.294 e. The molecule has 1 amide bonds. The number of nitrogens with zero attached hydrogens (tertiary/aromatic N) is 2. The Bertz CT molecular complexity index is 1600. The Labute approximate surface area is 241 Å². The van der Waals surface area contributed by atoms with Gasteiger partial charge in [0.1, 0.15) is 11.5 Å². The van der Waals surface area contributed by atoms with E-state index >= 15 is 0 Å². The lowest BCUT2D eigenvalue weighted by Crippen LogP contribution is -2.32. The number of hydrazine groups is 1. The second-order valence-electron chi connectivity index (χ2n) is 9.68. The first-order chi connectivity index (χ1) is 19.4. The summed E-state index contributed by atoms with van der Waals surface area (Å²) in [6, 6.07) is 21.0. The van der Waals surface area contributed by atoms with Crippen LogP contribution in [0.4, 0.5) is 4.39 Å². The lowest BCUT2D eigenvalue weighted by molar-refractivity contribution is -0.120. The number of carbonyl (C=O) groups is 2. The zero-order valence-corrected chi connectivity index (χ0v) is 23.1. The van der Waals surface area contributed by atoms with Gasteiger partial charge in [-0.15, -0.1) is 0 Å². The van der Waals surface area contributed by atoms with Gasteiger partial charge in [-0.05, 0) is 73.1 Å². The summed E-state index contributed by atoms with van der Waals surface area (Å²) >= 11 is 12.7. The molecule has 3 aromatic carbocycles. The molecular weight excluding hydrogens is 550 g/mol. The summed E-state index contributed by atoms with van der Waals surface area (Å²) in [7, 11) is 0. The van der Waals surface area contributed by atoms with Crippen molar-refractivity contribution in [2.75, 3.05) is 0 Å². The van der Waals surface area contributed by atoms with E-state index in [2.05, 4.69) is 5.43 Å². The highest BCUT2D eigenvalue weighted by Gasteiger charge is 2.30. The molecule has 6 nitrogen and oxygen atoms in total.